The zero-order valence-corrected chi connectivity index (χ0v) is 22.6. The molecule has 1 amide bonds. The number of carboxylic acids is 1. The molecule has 1 aliphatic rings. The summed E-state index contributed by atoms with van der Waals surface area (Å²) in [5, 5.41) is 23.2. The first-order valence-corrected chi connectivity index (χ1v) is 13.1. The van der Waals surface area contributed by atoms with E-state index in [0.29, 0.717) is 43.9 Å². The van der Waals surface area contributed by atoms with Gasteiger partial charge >= 0.3 is 12.1 Å². The van der Waals surface area contributed by atoms with Crippen LogP contribution in [0.25, 0.3) is 11.3 Å². The van der Waals surface area contributed by atoms with Crippen molar-refractivity contribution in [3.8, 4) is 11.3 Å². The van der Waals surface area contributed by atoms with Crippen LogP contribution in [0, 0.1) is 0 Å². The minimum absolute atomic E-state index is 0.0110. The van der Waals surface area contributed by atoms with Crippen molar-refractivity contribution >= 4 is 46.5 Å². The number of fused-ring (bicyclic) bond motifs is 1. The Kier molecular flexibility index (Phi) is 7.83. The number of carboxylic acid groups (broad SMARTS) is 1. The third-order valence-electron chi connectivity index (χ3n) is 6.38. The zero-order chi connectivity index (χ0) is 29.3. The predicted molar refractivity (Wildman–Crippen MR) is 149 cm³/mol. The van der Waals surface area contributed by atoms with Crippen molar-refractivity contribution in [3.63, 3.8) is 0 Å². The van der Waals surface area contributed by atoms with Crippen LogP contribution in [-0.2, 0) is 17.5 Å². The highest BCUT2D eigenvalue weighted by Gasteiger charge is 2.33. The molecular weight excluding hydrogens is 582 g/mol. The van der Waals surface area contributed by atoms with Crippen LogP contribution in [0.4, 0.5) is 24.5 Å². The van der Waals surface area contributed by atoms with Crippen molar-refractivity contribution in [1.29, 1.82) is 0 Å². The van der Waals surface area contributed by atoms with Crippen LogP contribution in [0.1, 0.15) is 39.8 Å². The number of carbonyl (C=O) groups is 2. The maximum Gasteiger partial charge on any atom is 0.416 e. The van der Waals surface area contributed by atoms with E-state index < -0.39 is 29.8 Å². The minimum Gasteiger partial charge on any atom is -0.481 e. The van der Waals surface area contributed by atoms with E-state index in [9.17, 15) is 22.8 Å². The van der Waals surface area contributed by atoms with E-state index in [0.717, 1.165) is 17.7 Å². The van der Waals surface area contributed by atoms with Gasteiger partial charge in [-0.2, -0.15) is 18.3 Å². The van der Waals surface area contributed by atoms with Gasteiger partial charge < -0.3 is 21.1 Å². The summed E-state index contributed by atoms with van der Waals surface area (Å²) in [6.07, 6.45) is -5.25. The number of nitrogens with zero attached hydrogens (tertiary/aromatic N) is 2. The summed E-state index contributed by atoms with van der Waals surface area (Å²) in [6.45, 7) is 0.283. The molecule has 1 aliphatic heterocycles. The summed E-state index contributed by atoms with van der Waals surface area (Å²) in [5.41, 5.74) is 3.06. The van der Waals surface area contributed by atoms with E-state index in [4.69, 9.17) is 33.4 Å². The maximum absolute atomic E-state index is 13.3. The number of halogens is 5. The lowest BCUT2D eigenvalue weighted by atomic mass is 10.1. The molecule has 2 heterocycles. The number of nitrogens with one attached hydrogen (secondary N) is 3. The molecule has 0 spiro atoms. The number of hydrogen-bond acceptors (Lipinski definition) is 5. The molecular formula is C28H22Cl2F3N5O3. The molecule has 41 heavy (non-hydrogen) atoms. The van der Waals surface area contributed by atoms with Crippen molar-refractivity contribution in [2.45, 2.75) is 25.3 Å². The lowest BCUT2D eigenvalue weighted by Crippen LogP contribution is -2.26. The van der Waals surface area contributed by atoms with Crippen LogP contribution >= 0.6 is 23.2 Å². The van der Waals surface area contributed by atoms with Crippen LogP contribution in [-0.4, -0.2) is 33.3 Å². The Hall–Kier alpha value is -4.22. The first-order valence-electron chi connectivity index (χ1n) is 12.3. The maximum atomic E-state index is 13.3. The minimum atomic E-state index is -4.48. The molecule has 1 atom stereocenters. The van der Waals surface area contributed by atoms with Gasteiger partial charge in [-0.25, -0.2) is 0 Å². The molecule has 0 aliphatic carbocycles. The number of anilines is 2. The van der Waals surface area contributed by atoms with Gasteiger partial charge in [0.05, 0.1) is 41.3 Å². The van der Waals surface area contributed by atoms with Gasteiger partial charge in [0.1, 0.15) is 6.17 Å². The monoisotopic (exact) mass is 603 g/mol. The first kappa shape index (κ1) is 28.3. The van der Waals surface area contributed by atoms with E-state index in [2.05, 4.69) is 16.0 Å². The molecule has 13 heteroatoms. The van der Waals surface area contributed by atoms with Gasteiger partial charge in [-0.3, -0.25) is 14.3 Å². The van der Waals surface area contributed by atoms with Crippen LogP contribution in [0.15, 0.2) is 66.7 Å². The summed E-state index contributed by atoms with van der Waals surface area (Å²) in [7, 11) is 0. The van der Waals surface area contributed by atoms with Gasteiger partial charge in [0, 0.05) is 27.7 Å². The van der Waals surface area contributed by atoms with E-state index in [1.165, 1.54) is 6.07 Å². The van der Waals surface area contributed by atoms with Gasteiger partial charge in [-0.1, -0.05) is 35.3 Å². The molecule has 0 fully saturated rings. The van der Waals surface area contributed by atoms with Gasteiger partial charge in [0.2, 0.25) is 0 Å². The molecule has 0 bridgehead atoms. The molecule has 212 valence electrons. The molecule has 0 saturated heterocycles. The number of amides is 1. The van der Waals surface area contributed by atoms with Crippen LogP contribution in [0.5, 0.6) is 0 Å². The Labute approximate surface area is 242 Å². The van der Waals surface area contributed by atoms with Gasteiger partial charge in [0.15, 0.2) is 0 Å². The van der Waals surface area contributed by atoms with Crippen LogP contribution in [0.3, 0.4) is 0 Å². The second kappa shape index (κ2) is 11.3. The highest BCUT2D eigenvalue weighted by molar-refractivity contribution is 6.35. The summed E-state index contributed by atoms with van der Waals surface area (Å²) >= 11 is 12.4. The lowest BCUT2D eigenvalue weighted by molar-refractivity contribution is -0.138. The number of aromatic nitrogens is 2. The molecule has 1 aromatic heterocycles. The molecule has 3 aromatic carbocycles. The number of rotatable bonds is 8. The zero-order valence-electron chi connectivity index (χ0n) is 21.1. The fourth-order valence-electron chi connectivity index (χ4n) is 4.41. The topological polar surface area (TPSA) is 108 Å². The largest absolute Gasteiger partial charge is 0.481 e. The van der Waals surface area contributed by atoms with Crippen molar-refractivity contribution in [1.82, 2.24) is 15.1 Å². The van der Waals surface area contributed by atoms with Crippen molar-refractivity contribution < 1.29 is 27.9 Å². The normalized spacial score (nSPS) is 14.2. The number of carbonyl (C=O) groups excluding carboxylic acids is 1. The smallest absolute Gasteiger partial charge is 0.416 e. The predicted octanol–water partition coefficient (Wildman–Crippen LogP) is 6.66. The molecule has 4 aromatic rings. The fraction of sp³-hybridized carbons (Fsp3) is 0.179. The second-order valence-corrected chi connectivity index (χ2v) is 10.2. The highest BCUT2D eigenvalue weighted by atomic mass is 35.5. The van der Waals surface area contributed by atoms with E-state index in [1.54, 1.807) is 53.2 Å². The molecule has 4 N–H and O–H groups in total. The number of benzene rings is 3. The number of hydrogen-bond donors (Lipinski definition) is 4. The average molecular weight is 604 g/mol. The SMILES string of the molecule is O=C(O)CCNC(=O)c1ccc(Cn2nc(-c3cc(Cl)cc(Cl)c3)cc2C2Nc3ccc(C(F)(F)F)cc3N2)cc1. The number of aliphatic carboxylic acids is 1. The van der Waals surface area contributed by atoms with Crippen molar-refractivity contribution in [2.24, 2.45) is 0 Å². The number of alkyl halides is 3. The summed E-state index contributed by atoms with van der Waals surface area (Å²) < 4.78 is 41.5. The second-order valence-electron chi connectivity index (χ2n) is 9.35. The molecule has 8 nitrogen and oxygen atoms in total. The quantitative estimate of drug-likeness (QED) is 0.179. The Morgan fingerprint density at radius 2 is 1.63 bits per heavy atom. The third kappa shape index (κ3) is 6.58. The summed E-state index contributed by atoms with van der Waals surface area (Å²) in [4.78, 5) is 23.0. The summed E-state index contributed by atoms with van der Waals surface area (Å²) in [6, 6.07) is 17.0. The van der Waals surface area contributed by atoms with E-state index >= 15 is 0 Å². The highest BCUT2D eigenvalue weighted by Crippen LogP contribution is 2.40. The first-order chi connectivity index (χ1) is 19.5. The van der Waals surface area contributed by atoms with Gasteiger partial charge in [-0.15, -0.1) is 0 Å². The molecule has 0 radical (unpaired) electrons. The third-order valence-corrected chi connectivity index (χ3v) is 6.82. The van der Waals surface area contributed by atoms with E-state index in [-0.39, 0.29) is 19.5 Å². The standard InChI is InChI=1S/C28H22Cl2F3N5O3/c29-19-9-17(10-20(30)12-19)22-13-24(26-35-21-6-5-18(28(31,32)33)11-23(21)36-26)38(37-22)14-15-1-3-16(4-2-15)27(41)34-8-7-25(39)40/h1-6,9-13,26,35-36H,7-8,14H2,(H,34,41)(H,39,40). The fourth-order valence-corrected chi connectivity index (χ4v) is 4.94. The molecule has 0 saturated carbocycles. The average Bonchev–Trinajstić information content (AvgIpc) is 3.51. The van der Waals surface area contributed by atoms with Gasteiger partial charge in [-0.05, 0) is 60.2 Å². The van der Waals surface area contributed by atoms with Gasteiger partial charge in [0.25, 0.3) is 5.91 Å². The van der Waals surface area contributed by atoms with E-state index in [1.807, 2.05) is 0 Å². The Morgan fingerprint density at radius 3 is 2.29 bits per heavy atom. The Morgan fingerprint density at radius 1 is 0.951 bits per heavy atom. The molecule has 5 rings (SSSR count). The van der Waals surface area contributed by atoms with Crippen molar-refractivity contribution in [3.05, 3.63) is 99.2 Å². The summed E-state index contributed by atoms with van der Waals surface area (Å²) in [5.74, 6) is -1.40. The molecule has 1 unspecified atom stereocenters. The van der Waals surface area contributed by atoms with Crippen molar-refractivity contribution in [2.75, 3.05) is 17.2 Å². The van der Waals surface area contributed by atoms with Crippen LogP contribution < -0.4 is 16.0 Å². The Bertz CT molecular complexity index is 1600. The lowest BCUT2D eigenvalue weighted by Gasteiger charge is -2.15. The van der Waals surface area contributed by atoms with Crippen LogP contribution in [0.2, 0.25) is 10.0 Å². The Balaban J connectivity index is 1.43.